The molecule has 4 heteroatoms. The van der Waals surface area contributed by atoms with Gasteiger partial charge in [-0.05, 0) is 49.2 Å². The molecule has 1 N–H and O–H groups in total. The number of hydrogen-bond acceptors (Lipinski definition) is 2. The highest BCUT2D eigenvalue weighted by Gasteiger charge is 2.08. The first-order valence-corrected chi connectivity index (χ1v) is 6.86. The van der Waals surface area contributed by atoms with Crippen LogP contribution in [0.5, 0.6) is 5.75 Å². The lowest BCUT2D eigenvalue weighted by molar-refractivity contribution is -0.115. The Morgan fingerprint density at radius 1 is 1.19 bits per heavy atom. The first-order valence-electron chi connectivity index (χ1n) is 6.86. The van der Waals surface area contributed by atoms with E-state index in [0.29, 0.717) is 6.61 Å². The summed E-state index contributed by atoms with van der Waals surface area (Å²) in [6.07, 6.45) is 0.194. The fourth-order valence-corrected chi connectivity index (χ4v) is 1.97. The van der Waals surface area contributed by atoms with Gasteiger partial charge in [0.05, 0.1) is 18.7 Å². The topological polar surface area (TPSA) is 38.3 Å². The van der Waals surface area contributed by atoms with E-state index in [1.807, 2.05) is 31.2 Å². The van der Waals surface area contributed by atoms with Crippen molar-refractivity contribution >= 4 is 11.6 Å². The first kappa shape index (κ1) is 15.0. The molecule has 0 saturated heterocycles. The fraction of sp³-hybridized carbons (Fsp3) is 0.235. The molecule has 0 aliphatic carbocycles. The van der Waals surface area contributed by atoms with Gasteiger partial charge in [0.25, 0.3) is 0 Å². The minimum Gasteiger partial charge on any atom is -0.494 e. The number of carbonyl (C=O) groups excluding carboxylic acids is 1. The van der Waals surface area contributed by atoms with Gasteiger partial charge in [0, 0.05) is 0 Å². The third-order valence-electron chi connectivity index (χ3n) is 3.00. The van der Waals surface area contributed by atoms with Crippen molar-refractivity contribution in [1.82, 2.24) is 0 Å². The zero-order valence-electron chi connectivity index (χ0n) is 12.2. The van der Waals surface area contributed by atoms with Gasteiger partial charge >= 0.3 is 0 Å². The molecule has 0 saturated carbocycles. The Morgan fingerprint density at radius 3 is 2.52 bits per heavy atom. The number of amides is 1. The summed E-state index contributed by atoms with van der Waals surface area (Å²) in [6, 6.07) is 12.0. The molecule has 110 valence electrons. The number of anilines is 1. The summed E-state index contributed by atoms with van der Waals surface area (Å²) in [5, 5.41) is 2.58. The van der Waals surface area contributed by atoms with Crippen molar-refractivity contribution in [2.24, 2.45) is 0 Å². The average Bonchev–Trinajstić information content (AvgIpc) is 2.44. The number of aryl methyl sites for hydroxylation is 1. The van der Waals surface area contributed by atoms with Crippen LogP contribution in [-0.2, 0) is 11.2 Å². The van der Waals surface area contributed by atoms with E-state index in [9.17, 15) is 9.18 Å². The van der Waals surface area contributed by atoms with Crippen molar-refractivity contribution in [3.05, 3.63) is 59.4 Å². The van der Waals surface area contributed by atoms with Gasteiger partial charge in [-0.25, -0.2) is 4.39 Å². The minimum absolute atomic E-state index is 0.194. The molecule has 0 heterocycles. The number of nitrogens with one attached hydrogen (secondary N) is 1. The summed E-state index contributed by atoms with van der Waals surface area (Å²) in [5.74, 6) is 0.100. The summed E-state index contributed by atoms with van der Waals surface area (Å²) >= 11 is 0. The molecule has 2 rings (SSSR count). The predicted molar refractivity (Wildman–Crippen MR) is 81.1 cm³/mol. The number of halogens is 1. The van der Waals surface area contributed by atoms with Gasteiger partial charge < -0.3 is 10.1 Å². The zero-order chi connectivity index (χ0) is 15.2. The van der Waals surface area contributed by atoms with Crippen LogP contribution in [0.2, 0.25) is 0 Å². The second kappa shape index (κ2) is 6.88. The van der Waals surface area contributed by atoms with Crippen LogP contribution in [0.25, 0.3) is 0 Å². The van der Waals surface area contributed by atoms with Crippen LogP contribution in [0.1, 0.15) is 18.1 Å². The molecule has 3 nitrogen and oxygen atoms in total. The van der Waals surface area contributed by atoms with Crippen molar-refractivity contribution in [2.75, 3.05) is 11.9 Å². The van der Waals surface area contributed by atoms with Gasteiger partial charge in [0.2, 0.25) is 5.91 Å². The van der Waals surface area contributed by atoms with E-state index in [4.69, 9.17) is 4.74 Å². The van der Waals surface area contributed by atoms with Crippen molar-refractivity contribution < 1.29 is 13.9 Å². The standard InChI is InChI=1S/C17H18FNO2/c1-3-21-14-7-5-13(6-8-14)11-17(20)19-16-9-4-12(2)10-15(16)18/h4-10H,3,11H2,1-2H3,(H,19,20). The molecule has 0 spiro atoms. The highest BCUT2D eigenvalue weighted by Crippen LogP contribution is 2.16. The lowest BCUT2D eigenvalue weighted by atomic mass is 10.1. The number of hydrogen-bond donors (Lipinski definition) is 1. The maximum Gasteiger partial charge on any atom is 0.228 e. The highest BCUT2D eigenvalue weighted by molar-refractivity contribution is 5.92. The molecule has 0 aliphatic heterocycles. The van der Waals surface area contributed by atoms with Gasteiger partial charge in [-0.3, -0.25) is 4.79 Å². The fourth-order valence-electron chi connectivity index (χ4n) is 1.97. The Morgan fingerprint density at radius 2 is 1.90 bits per heavy atom. The van der Waals surface area contributed by atoms with Crippen molar-refractivity contribution in [3.8, 4) is 5.75 Å². The maximum absolute atomic E-state index is 13.7. The summed E-state index contributed by atoms with van der Waals surface area (Å²) in [7, 11) is 0. The second-order valence-electron chi connectivity index (χ2n) is 4.79. The molecule has 0 aromatic heterocycles. The molecule has 1 amide bonds. The largest absolute Gasteiger partial charge is 0.494 e. The van der Waals surface area contributed by atoms with Gasteiger partial charge in [-0.15, -0.1) is 0 Å². The van der Waals surface area contributed by atoms with Crippen LogP contribution >= 0.6 is 0 Å². The molecule has 0 bridgehead atoms. The molecular formula is C17H18FNO2. The normalized spacial score (nSPS) is 10.2. The zero-order valence-corrected chi connectivity index (χ0v) is 12.2. The molecule has 0 aliphatic rings. The molecule has 0 fully saturated rings. The summed E-state index contributed by atoms with van der Waals surface area (Å²) in [4.78, 5) is 11.9. The van der Waals surface area contributed by atoms with E-state index in [-0.39, 0.29) is 18.0 Å². The van der Waals surface area contributed by atoms with E-state index in [1.54, 1.807) is 19.1 Å². The van der Waals surface area contributed by atoms with Crippen molar-refractivity contribution in [3.63, 3.8) is 0 Å². The van der Waals surface area contributed by atoms with Crippen LogP contribution in [0.3, 0.4) is 0 Å². The lowest BCUT2D eigenvalue weighted by Gasteiger charge is -2.08. The number of rotatable bonds is 5. The third kappa shape index (κ3) is 4.31. The van der Waals surface area contributed by atoms with Crippen LogP contribution < -0.4 is 10.1 Å². The average molecular weight is 287 g/mol. The van der Waals surface area contributed by atoms with Crippen LogP contribution in [0.15, 0.2) is 42.5 Å². The molecule has 2 aromatic carbocycles. The Labute approximate surface area is 123 Å². The van der Waals surface area contributed by atoms with Gasteiger partial charge in [0.15, 0.2) is 0 Å². The van der Waals surface area contributed by atoms with Crippen LogP contribution in [0, 0.1) is 12.7 Å². The highest BCUT2D eigenvalue weighted by atomic mass is 19.1. The monoisotopic (exact) mass is 287 g/mol. The molecule has 0 radical (unpaired) electrons. The Kier molecular flexibility index (Phi) is 4.93. The SMILES string of the molecule is CCOc1ccc(CC(=O)Nc2ccc(C)cc2F)cc1. The Hall–Kier alpha value is -2.36. The van der Waals surface area contributed by atoms with Gasteiger partial charge in [-0.1, -0.05) is 18.2 Å². The van der Waals surface area contributed by atoms with E-state index >= 15 is 0 Å². The first-order chi connectivity index (χ1) is 10.1. The number of ether oxygens (including phenoxy) is 1. The van der Waals surface area contributed by atoms with Crippen molar-refractivity contribution in [1.29, 1.82) is 0 Å². The number of benzene rings is 2. The maximum atomic E-state index is 13.7. The smallest absolute Gasteiger partial charge is 0.228 e. The third-order valence-corrected chi connectivity index (χ3v) is 3.00. The van der Waals surface area contributed by atoms with Crippen molar-refractivity contribution in [2.45, 2.75) is 20.3 Å². The summed E-state index contributed by atoms with van der Waals surface area (Å²) in [5.41, 5.74) is 1.87. The molecular weight excluding hydrogens is 269 g/mol. The number of carbonyl (C=O) groups is 1. The van der Waals surface area contributed by atoms with E-state index in [2.05, 4.69) is 5.32 Å². The summed E-state index contributed by atoms with van der Waals surface area (Å²) in [6.45, 7) is 4.32. The van der Waals surface area contributed by atoms with Gasteiger partial charge in [0.1, 0.15) is 11.6 Å². The minimum atomic E-state index is -0.421. The second-order valence-corrected chi connectivity index (χ2v) is 4.79. The lowest BCUT2D eigenvalue weighted by Crippen LogP contribution is -2.15. The Balaban J connectivity index is 1.98. The van der Waals surface area contributed by atoms with Gasteiger partial charge in [-0.2, -0.15) is 0 Å². The quantitative estimate of drug-likeness (QED) is 0.910. The van der Waals surface area contributed by atoms with Crippen LogP contribution in [0.4, 0.5) is 10.1 Å². The molecule has 2 aromatic rings. The van der Waals surface area contributed by atoms with E-state index < -0.39 is 5.82 Å². The molecule has 21 heavy (non-hydrogen) atoms. The molecule has 0 unspecified atom stereocenters. The van der Waals surface area contributed by atoms with Crippen LogP contribution in [-0.4, -0.2) is 12.5 Å². The molecule has 0 atom stereocenters. The van der Waals surface area contributed by atoms with E-state index in [1.165, 1.54) is 6.07 Å². The predicted octanol–water partition coefficient (Wildman–Crippen LogP) is 3.71. The Bertz CT molecular complexity index is 623. The summed E-state index contributed by atoms with van der Waals surface area (Å²) < 4.78 is 19.0. The van der Waals surface area contributed by atoms with E-state index in [0.717, 1.165) is 16.9 Å².